The molecular formula is C21H34N2O4. The first-order chi connectivity index (χ1) is 12.6. The standard InChI is InChI=1S/C21H31NO4.H3N/c1-25-20(23)10-6-7-15-22(16-17-8-4-3-5-9-17)19-13-11-18(12-14-19)21(24)26-2;/h3-5,8-9,18-19H,6-7,10-16H2,1-2H3;1H3. The first-order valence-corrected chi connectivity index (χ1v) is 9.56. The number of benzene rings is 1. The summed E-state index contributed by atoms with van der Waals surface area (Å²) < 4.78 is 9.61. The Hall–Kier alpha value is -1.92. The lowest BCUT2D eigenvalue weighted by atomic mass is 9.85. The summed E-state index contributed by atoms with van der Waals surface area (Å²) in [7, 11) is 2.90. The molecule has 0 amide bonds. The monoisotopic (exact) mass is 378 g/mol. The molecular weight excluding hydrogens is 344 g/mol. The summed E-state index contributed by atoms with van der Waals surface area (Å²) in [5, 5.41) is 0. The fourth-order valence-electron chi connectivity index (χ4n) is 3.74. The van der Waals surface area contributed by atoms with Gasteiger partial charge in [0.25, 0.3) is 0 Å². The summed E-state index contributed by atoms with van der Waals surface area (Å²) in [6.45, 7) is 1.87. The molecule has 0 spiro atoms. The molecule has 1 aliphatic rings. The van der Waals surface area contributed by atoms with Gasteiger partial charge < -0.3 is 15.6 Å². The van der Waals surface area contributed by atoms with E-state index < -0.39 is 0 Å². The molecule has 152 valence electrons. The van der Waals surface area contributed by atoms with Crippen LogP contribution in [0.4, 0.5) is 0 Å². The summed E-state index contributed by atoms with van der Waals surface area (Å²) in [6, 6.07) is 11.0. The third-order valence-corrected chi connectivity index (χ3v) is 5.28. The Labute approximate surface area is 162 Å². The third-order valence-electron chi connectivity index (χ3n) is 5.28. The van der Waals surface area contributed by atoms with E-state index >= 15 is 0 Å². The van der Waals surface area contributed by atoms with E-state index in [1.165, 1.54) is 19.8 Å². The molecule has 0 radical (unpaired) electrons. The SMILES string of the molecule is COC(=O)CCCCN(Cc1ccccc1)C1CCC(C(=O)OC)CC1.N. The topological polar surface area (TPSA) is 90.8 Å². The number of nitrogens with zero attached hydrogens (tertiary/aromatic N) is 1. The molecule has 3 N–H and O–H groups in total. The highest BCUT2D eigenvalue weighted by Gasteiger charge is 2.29. The summed E-state index contributed by atoms with van der Waals surface area (Å²) in [6.07, 6.45) is 6.11. The predicted octanol–water partition coefficient (Wildman–Crippen LogP) is 3.73. The van der Waals surface area contributed by atoms with Crippen molar-refractivity contribution in [2.45, 2.75) is 57.5 Å². The molecule has 0 saturated heterocycles. The number of carbonyl (C=O) groups excluding carboxylic acids is 2. The van der Waals surface area contributed by atoms with Gasteiger partial charge in [-0.3, -0.25) is 14.5 Å². The van der Waals surface area contributed by atoms with Gasteiger partial charge in [-0.1, -0.05) is 30.3 Å². The lowest BCUT2D eigenvalue weighted by Gasteiger charge is -2.36. The van der Waals surface area contributed by atoms with Crippen LogP contribution in [0.1, 0.15) is 50.5 Å². The minimum absolute atomic E-state index is 0. The molecule has 1 saturated carbocycles. The molecule has 0 unspecified atom stereocenters. The summed E-state index contributed by atoms with van der Waals surface area (Å²) in [5.74, 6) is -0.163. The Morgan fingerprint density at radius 2 is 1.67 bits per heavy atom. The van der Waals surface area contributed by atoms with Gasteiger partial charge in [-0.2, -0.15) is 0 Å². The Morgan fingerprint density at radius 3 is 2.26 bits per heavy atom. The van der Waals surface area contributed by atoms with E-state index in [-0.39, 0.29) is 24.0 Å². The molecule has 0 atom stereocenters. The molecule has 0 heterocycles. The van der Waals surface area contributed by atoms with E-state index in [4.69, 9.17) is 9.47 Å². The zero-order valence-corrected chi connectivity index (χ0v) is 16.7. The molecule has 2 rings (SSSR count). The van der Waals surface area contributed by atoms with Gasteiger partial charge in [0.15, 0.2) is 0 Å². The molecule has 1 aromatic carbocycles. The maximum Gasteiger partial charge on any atom is 0.308 e. The number of methoxy groups -OCH3 is 2. The van der Waals surface area contributed by atoms with Crippen LogP contribution in [-0.4, -0.2) is 43.6 Å². The lowest BCUT2D eigenvalue weighted by Crippen LogP contribution is -2.39. The van der Waals surface area contributed by atoms with Crippen LogP contribution in [0.5, 0.6) is 0 Å². The van der Waals surface area contributed by atoms with Crippen molar-refractivity contribution < 1.29 is 19.1 Å². The van der Waals surface area contributed by atoms with E-state index in [1.807, 2.05) is 6.07 Å². The van der Waals surface area contributed by atoms with Gasteiger partial charge in [0.1, 0.15) is 0 Å². The minimum atomic E-state index is -0.141. The van der Waals surface area contributed by atoms with E-state index in [1.54, 1.807) is 0 Å². The van der Waals surface area contributed by atoms with Crippen LogP contribution in [0.15, 0.2) is 30.3 Å². The van der Waals surface area contributed by atoms with Crippen molar-refractivity contribution in [1.29, 1.82) is 0 Å². The number of carbonyl (C=O) groups is 2. The average molecular weight is 379 g/mol. The summed E-state index contributed by atoms with van der Waals surface area (Å²) >= 11 is 0. The smallest absolute Gasteiger partial charge is 0.308 e. The molecule has 0 aliphatic heterocycles. The highest BCUT2D eigenvalue weighted by molar-refractivity contribution is 5.72. The zero-order chi connectivity index (χ0) is 18.8. The summed E-state index contributed by atoms with van der Waals surface area (Å²) in [5.41, 5.74) is 1.30. The molecule has 6 heteroatoms. The van der Waals surface area contributed by atoms with Crippen LogP contribution in [0.2, 0.25) is 0 Å². The highest BCUT2D eigenvalue weighted by atomic mass is 16.5. The first-order valence-electron chi connectivity index (χ1n) is 9.56. The predicted molar refractivity (Wildman–Crippen MR) is 106 cm³/mol. The van der Waals surface area contributed by atoms with E-state index in [0.29, 0.717) is 12.5 Å². The normalized spacial score (nSPS) is 19.2. The average Bonchev–Trinajstić information content (AvgIpc) is 2.70. The molecule has 0 aromatic heterocycles. The Balaban J connectivity index is 0.00000364. The molecule has 1 aromatic rings. The van der Waals surface area contributed by atoms with Gasteiger partial charge >= 0.3 is 11.9 Å². The van der Waals surface area contributed by atoms with Crippen LogP contribution < -0.4 is 6.15 Å². The number of ether oxygens (including phenoxy) is 2. The van der Waals surface area contributed by atoms with Crippen molar-refractivity contribution in [1.82, 2.24) is 11.1 Å². The van der Waals surface area contributed by atoms with Crippen molar-refractivity contribution in [3.8, 4) is 0 Å². The molecule has 1 fully saturated rings. The van der Waals surface area contributed by atoms with Gasteiger partial charge in [0.05, 0.1) is 20.1 Å². The van der Waals surface area contributed by atoms with Crippen LogP contribution in [0.3, 0.4) is 0 Å². The largest absolute Gasteiger partial charge is 0.469 e. The van der Waals surface area contributed by atoms with E-state index in [0.717, 1.165) is 51.6 Å². The van der Waals surface area contributed by atoms with Gasteiger partial charge in [0, 0.05) is 19.0 Å². The van der Waals surface area contributed by atoms with E-state index in [9.17, 15) is 9.59 Å². The van der Waals surface area contributed by atoms with Crippen molar-refractivity contribution in [2.75, 3.05) is 20.8 Å². The van der Waals surface area contributed by atoms with Crippen molar-refractivity contribution in [2.24, 2.45) is 5.92 Å². The molecule has 6 nitrogen and oxygen atoms in total. The van der Waals surface area contributed by atoms with Gasteiger partial charge in [-0.05, 0) is 50.6 Å². The first kappa shape index (κ1) is 23.1. The maximum atomic E-state index is 11.8. The van der Waals surface area contributed by atoms with Gasteiger partial charge in [-0.15, -0.1) is 0 Å². The Kier molecular flexibility index (Phi) is 10.7. The van der Waals surface area contributed by atoms with Crippen LogP contribution in [-0.2, 0) is 25.6 Å². The number of hydrogen-bond acceptors (Lipinski definition) is 6. The molecule has 27 heavy (non-hydrogen) atoms. The zero-order valence-electron chi connectivity index (χ0n) is 16.7. The molecule has 0 bridgehead atoms. The third kappa shape index (κ3) is 7.69. The Morgan fingerprint density at radius 1 is 1.00 bits per heavy atom. The number of rotatable bonds is 9. The van der Waals surface area contributed by atoms with Crippen LogP contribution in [0.25, 0.3) is 0 Å². The second-order valence-electron chi connectivity index (χ2n) is 7.02. The fourth-order valence-corrected chi connectivity index (χ4v) is 3.74. The number of esters is 2. The van der Waals surface area contributed by atoms with Gasteiger partial charge in [0.2, 0.25) is 0 Å². The number of hydrogen-bond donors (Lipinski definition) is 1. The van der Waals surface area contributed by atoms with E-state index in [2.05, 4.69) is 29.2 Å². The highest BCUT2D eigenvalue weighted by Crippen LogP contribution is 2.29. The lowest BCUT2D eigenvalue weighted by molar-refractivity contribution is -0.147. The fraction of sp³-hybridized carbons (Fsp3) is 0.619. The van der Waals surface area contributed by atoms with Gasteiger partial charge in [-0.25, -0.2) is 0 Å². The second-order valence-corrected chi connectivity index (χ2v) is 7.02. The Bertz CT molecular complexity index is 557. The summed E-state index contributed by atoms with van der Waals surface area (Å²) in [4.78, 5) is 25.6. The number of unbranched alkanes of at least 4 members (excludes halogenated alkanes) is 1. The maximum absolute atomic E-state index is 11.8. The quantitative estimate of drug-likeness (QED) is 0.520. The molecule has 1 aliphatic carbocycles. The minimum Gasteiger partial charge on any atom is -0.469 e. The van der Waals surface area contributed by atoms with Crippen molar-refractivity contribution >= 4 is 11.9 Å². The van der Waals surface area contributed by atoms with Crippen molar-refractivity contribution in [3.05, 3.63) is 35.9 Å². The van der Waals surface area contributed by atoms with Crippen LogP contribution >= 0.6 is 0 Å². The van der Waals surface area contributed by atoms with Crippen LogP contribution in [0, 0.1) is 5.92 Å². The van der Waals surface area contributed by atoms with Crippen molar-refractivity contribution in [3.63, 3.8) is 0 Å². The second kappa shape index (κ2) is 12.5.